The first-order valence-electron chi connectivity index (χ1n) is 7.11. The van der Waals surface area contributed by atoms with Crippen LogP contribution in [-0.2, 0) is 9.53 Å². The van der Waals surface area contributed by atoms with Gasteiger partial charge in [-0.25, -0.2) is 4.79 Å². The first-order valence-corrected chi connectivity index (χ1v) is 7.86. The number of rotatable bonds is 4. The summed E-state index contributed by atoms with van der Waals surface area (Å²) >= 11 is 11.7. The van der Waals surface area contributed by atoms with Crippen LogP contribution >= 0.6 is 23.2 Å². The van der Waals surface area contributed by atoms with Gasteiger partial charge in [-0.2, -0.15) is 0 Å². The van der Waals surface area contributed by atoms with E-state index in [0.717, 1.165) is 5.56 Å². The molecule has 5 nitrogen and oxygen atoms in total. The van der Waals surface area contributed by atoms with Crippen LogP contribution in [0.4, 0.5) is 11.4 Å². The monoisotopic (exact) mass is 366 g/mol. The molecule has 0 heterocycles. The Bertz CT molecular complexity index is 776. The van der Waals surface area contributed by atoms with Gasteiger partial charge in [0.05, 0.1) is 16.3 Å². The second kappa shape index (κ2) is 7.55. The lowest BCUT2D eigenvalue weighted by atomic mass is 10.2. The summed E-state index contributed by atoms with van der Waals surface area (Å²) in [5.41, 5.74) is 7.50. The van der Waals surface area contributed by atoms with E-state index in [1.807, 2.05) is 19.1 Å². The van der Waals surface area contributed by atoms with Crippen molar-refractivity contribution in [3.05, 3.63) is 57.6 Å². The third kappa shape index (κ3) is 4.40. The number of anilines is 2. The highest BCUT2D eigenvalue weighted by Gasteiger charge is 2.22. The molecule has 0 unspecified atom stereocenters. The lowest BCUT2D eigenvalue weighted by Crippen LogP contribution is -2.30. The maximum Gasteiger partial charge on any atom is 0.341 e. The Kier molecular flexibility index (Phi) is 5.70. The Balaban J connectivity index is 2.06. The minimum atomic E-state index is -1.02. The summed E-state index contributed by atoms with van der Waals surface area (Å²) in [7, 11) is 0. The molecule has 2 rings (SSSR count). The number of carbonyl (C=O) groups excluding carboxylic acids is 2. The van der Waals surface area contributed by atoms with Gasteiger partial charge in [-0.05, 0) is 38.1 Å². The zero-order valence-electron chi connectivity index (χ0n) is 13.1. The van der Waals surface area contributed by atoms with E-state index >= 15 is 0 Å². The van der Waals surface area contributed by atoms with Crippen molar-refractivity contribution in [2.75, 3.05) is 11.1 Å². The Labute approximate surface area is 149 Å². The smallest absolute Gasteiger partial charge is 0.341 e. The summed E-state index contributed by atoms with van der Waals surface area (Å²) in [6.45, 7) is 3.40. The maximum atomic E-state index is 12.2. The fourth-order valence-electron chi connectivity index (χ4n) is 1.91. The van der Waals surface area contributed by atoms with Gasteiger partial charge in [0, 0.05) is 10.7 Å². The van der Waals surface area contributed by atoms with Crippen LogP contribution in [0.1, 0.15) is 22.8 Å². The number of hydrogen-bond acceptors (Lipinski definition) is 4. The highest BCUT2D eigenvalue weighted by atomic mass is 35.5. The molecule has 0 aromatic heterocycles. The van der Waals surface area contributed by atoms with Gasteiger partial charge in [0.2, 0.25) is 0 Å². The summed E-state index contributed by atoms with van der Waals surface area (Å²) in [6, 6.07) is 10.0. The predicted molar refractivity (Wildman–Crippen MR) is 95.6 cm³/mol. The number of hydrogen-bond donors (Lipinski definition) is 2. The van der Waals surface area contributed by atoms with Crippen LogP contribution in [0.5, 0.6) is 0 Å². The lowest BCUT2D eigenvalue weighted by molar-refractivity contribution is -0.123. The number of halogens is 2. The Hall–Kier alpha value is -2.24. The number of ether oxygens (including phenoxy) is 1. The average Bonchev–Trinajstić information content (AvgIpc) is 2.52. The van der Waals surface area contributed by atoms with E-state index in [-0.39, 0.29) is 21.3 Å². The van der Waals surface area contributed by atoms with Crippen molar-refractivity contribution in [1.29, 1.82) is 0 Å². The van der Waals surface area contributed by atoms with Gasteiger partial charge < -0.3 is 15.8 Å². The molecule has 0 saturated carbocycles. The van der Waals surface area contributed by atoms with E-state index in [1.54, 1.807) is 12.1 Å². The second-order valence-electron chi connectivity index (χ2n) is 5.25. The van der Waals surface area contributed by atoms with Crippen LogP contribution in [0, 0.1) is 6.92 Å². The predicted octanol–water partition coefficient (Wildman–Crippen LogP) is 4.07. The fraction of sp³-hybridized carbons (Fsp3) is 0.176. The molecule has 2 aromatic carbocycles. The molecule has 0 aliphatic rings. The first-order chi connectivity index (χ1) is 11.3. The Morgan fingerprint density at radius 2 is 1.79 bits per heavy atom. The number of carbonyl (C=O) groups is 2. The topological polar surface area (TPSA) is 81.4 Å². The average molecular weight is 367 g/mol. The quantitative estimate of drug-likeness (QED) is 0.631. The molecule has 126 valence electrons. The van der Waals surface area contributed by atoms with Crippen molar-refractivity contribution in [2.24, 2.45) is 0 Å². The molecule has 3 N–H and O–H groups in total. The molecular formula is C17H16Cl2N2O3. The molecule has 0 bridgehead atoms. The largest absolute Gasteiger partial charge is 0.449 e. The standard InChI is InChI=1S/C17H16Cl2N2O3/c1-9-3-5-12(6-4-9)21-16(22)10(2)24-17(23)13-7-11(18)8-14(19)15(13)20/h3-8,10H,20H2,1-2H3,(H,21,22)/t10-/m1/s1. The van der Waals surface area contributed by atoms with Crippen molar-refractivity contribution in [2.45, 2.75) is 20.0 Å². The maximum absolute atomic E-state index is 12.2. The van der Waals surface area contributed by atoms with Crippen molar-refractivity contribution in [1.82, 2.24) is 0 Å². The number of benzene rings is 2. The van der Waals surface area contributed by atoms with Crippen LogP contribution in [0.15, 0.2) is 36.4 Å². The van der Waals surface area contributed by atoms with Crippen LogP contribution in [0.3, 0.4) is 0 Å². The van der Waals surface area contributed by atoms with Gasteiger partial charge in [-0.3, -0.25) is 4.79 Å². The molecule has 0 radical (unpaired) electrons. The van der Waals surface area contributed by atoms with Gasteiger partial charge in [0.15, 0.2) is 6.10 Å². The molecule has 1 amide bonds. The number of amides is 1. The summed E-state index contributed by atoms with van der Waals surface area (Å²) in [5, 5.41) is 3.06. The van der Waals surface area contributed by atoms with E-state index in [1.165, 1.54) is 19.1 Å². The summed E-state index contributed by atoms with van der Waals surface area (Å²) < 4.78 is 5.14. The van der Waals surface area contributed by atoms with E-state index in [4.69, 9.17) is 33.7 Å². The van der Waals surface area contributed by atoms with E-state index in [0.29, 0.717) is 5.69 Å². The highest BCUT2D eigenvalue weighted by molar-refractivity contribution is 6.37. The number of nitrogens with one attached hydrogen (secondary N) is 1. The number of nitrogens with two attached hydrogens (primary N) is 1. The zero-order chi connectivity index (χ0) is 17.9. The lowest BCUT2D eigenvalue weighted by Gasteiger charge is -2.15. The summed E-state index contributed by atoms with van der Waals surface area (Å²) in [5.74, 6) is -1.23. The van der Waals surface area contributed by atoms with Gasteiger partial charge in [-0.15, -0.1) is 0 Å². The highest BCUT2D eigenvalue weighted by Crippen LogP contribution is 2.28. The minimum Gasteiger partial charge on any atom is -0.449 e. The summed E-state index contributed by atoms with van der Waals surface area (Å²) in [6.07, 6.45) is -1.02. The molecule has 0 spiro atoms. The number of aryl methyl sites for hydroxylation is 1. The molecular weight excluding hydrogens is 351 g/mol. The van der Waals surface area contributed by atoms with Crippen LogP contribution in [-0.4, -0.2) is 18.0 Å². The van der Waals surface area contributed by atoms with Crippen molar-refractivity contribution in [3.63, 3.8) is 0 Å². The molecule has 0 aliphatic heterocycles. The van der Waals surface area contributed by atoms with Gasteiger partial charge in [0.25, 0.3) is 5.91 Å². The van der Waals surface area contributed by atoms with Crippen molar-refractivity contribution in [3.8, 4) is 0 Å². The molecule has 7 heteroatoms. The molecule has 0 aliphatic carbocycles. The minimum absolute atomic E-state index is 0.0162. The normalized spacial score (nSPS) is 11.7. The molecule has 0 saturated heterocycles. The summed E-state index contributed by atoms with van der Waals surface area (Å²) in [4.78, 5) is 24.3. The van der Waals surface area contributed by atoms with Gasteiger partial charge in [-0.1, -0.05) is 40.9 Å². The third-order valence-corrected chi connectivity index (χ3v) is 3.82. The molecule has 2 aromatic rings. The van der Waals surface area contributed by atoms with E-state index in [9.17, 15) is 9.59 Å². The number of esters is 1. The van der Waals surface area contributed by atoms with Gasteiger partial charge >= 0.3 is 5.97 Å². The van der Waals surface area contributed by atoms with Crippen LogP contribution < -0.4 is 11.1 Å². The SMILES string of the molecule is Cc1ccc(NC(=O)[C@@H](C)OC(=O)c2cc(Cl)cc(Cl)c2N)cc1. The molecule has 1 atom stereocenters. The van der Waals surface area contributed by atoms with E-state index < -0.39 is 18.0 Å². The van der Waals surface area contributed by atoms with Gasteiger partial charge in [0.1, 0.15) is 0 Å². The third-order valence-electron chi connectivity index (χ3n) is 3.29. The molecule has 24 heavy (non-hydrogen) atoms. The second-order valence-corrected chi connectivity index (χ2v) is 6.10. The first kappa shape index (κ1) is 18.1. The van der Waals surface area contributed by atoms with Crippen molar-refractivity contribution < 1.29 is 14.3 Å². The number of nitrogen functional groups attached to an aromatic ring is 1. The zero-order valence-corrected chi connectivity index (χ0v) is 14.6. The Morgan fingerprint density at radius 1 is 1.17 bits per heavy atom. The van der Waals surface area contributed by atoms with Crippen molar-refractivity contribution >= 4 is 46.5 Å². The fourth-order valence-corrected chi connectivity index (χ4v) is 2.41. The Morgan fingerprint density at radius 3 is 2.42 bits per heavy atom. The van der Waals surface area contributed by atoms with Crippen LogP contribution in [0.25, 0.3) is 0 Å². The molecule has 0 fully saturated rings. The van der Waals surface area contributed by atoms with Crippen LogP contribution in [0.2, 0.25) is 10.0 Å². The van der Waals surface area contributed by atoms with E-state index in [2.05, 4.69) is 5.32 Å².